The van der Waals surface area contributed by atoms with Gasteiger partial charge in [0, 0.05) is 36.8 Å². The summed E-state index contributed by atoms with van der Waals surface area (Å²) in [5.41, 5.74) is 5.86. The lowest BCUT2D eigenvalue weighted by Gasteiger charge is -2.49. The molecule has 8 N–H and O–H groups in total. The molecule has 23 heteroatoms. The van der Waals surface area contributed by atoms with Gasteiger partial charge in [0.2, 0.25) is 5.91 Å². The van der Waals surface area contributed by atoms with Gasteiger partial charge in [0.1, 0.15) is 40.8 Å². The van der Waals surface area contributed by atoms with Gasteiger partial charge in [-0.15, -0.1) is 16.9 Å². The van der Waals surface area contributed by atoms with Crippen molar-refractivity contribution in [2.75, 3.05) is 43.1 Å². The Balaban J connectivity index is 1.32. The average Bonchev–Trinajstić information content (AvgIpc) is 3.65. The van der Waals surface area contributed by atoms with Gasteiger partial charge in [-0.3, -0.25) is 39.1 Å². The number of hydrogen-bond donors (Lipinski definition) is 7. The molecule has 1 aromatic carbocycles. The molecule has 0 bridgehead atoms. The first-order valence-electron chi connectivity index (χ1n) is 15.4. The van der Waals surface area contributed by atoms with Gasteiger partial charge in [-0.05, 0) is 30.2 Å². The van der Waals surface area contributed by atoms with Crippen LogP contribution in [0.2, 0.25) is 0 Å². The number of imide groups is 1. The molecular weight excluding hydrogens is 729 g/mol. The number of benzene rings is 1. The number of nitrogens with one attached hydrogen (secondary N) is 4. The van der Waals surface area contributed by atoms with Crippen molar-refractivity contribution in [3.05, 3.63) is 47.3 Å². The second-order valence-corrected chi connectivity index (χ2v) is 13.4. The molecule has 0 unspecified atom stereocenters. The fraction of sp³-hybridized carbons (Fsp3) is 0.379. The third-order valence-corrected chi connectivity index (χ3v) is 10.3. The number of urea groups is 1. The zero-order valence-electron chi connectivity index (χ0n) is 27.1. The third-order valence-electron chi connectivity index (χ3n) is 8.00. The summed E-state index contributed by atoms with van der Waals surface area (Å²) in [6.07, 6.45) is 0.451. The lowest BCUT2D eigenvalue weighted by atomic mass is 10.0. The third kappa shape index (κ3) is 8.10. The molecule has 2 aromatic rings. The van der Waals surface area contributed by atoms with Crippen LogP contribution in [-0.2, 0) is 33.5 Å². The molecule has 2 saturated heterocycles. The van der Waals surface area contributed by atoms with Crippen LogP contribution in [0.1, 0.15) is 18.5 Å². The number of carbonyl (C=O) groups excluding carboxylic acids is 6. The number of fused-ring (bicyclic) bond motifs is 1. The number of aromatic amines is 1. The lowest BCUT2D eigenvalue weighted by molar-refractivity contribution is -0.153. The molecule has 0 aliphatic carbocycles. The quantitative estimate of drug-likeness (QED) is 0.0712. The molecule has 276 valence electrons. The number of rotatable bonds is 13. The number of ether oxygens (including phenoxy) is 1. The first-order chi connectivity index (χ1) is 24.8. The van der Waals surface area contributed by atoms with Crippen LogP contribution in [0.5, 0.6) is 0 Å². The minimum Gasteiger partial charge on any atom is -0.480 e. The minimum absolute atomic E-state index is 0.0724. The minimum atomic E-state index is -1.55. The van der Waals surface area contributed by atoms with Crippen molar-refractivity contribution in [3.63, 3.8) is 0 Å². The molecule has 3 aliphatic rings. The highest BCUT2D eigenvalue weighted by molar-refractivity contribution is 8.01. The number of nitrogens with zero attached hydrogens (tertiary/aromatic N) is 5. The van der Waals surface area contributed by atoms with E-state index in [0.717, 1.165) is 4.90 Å². The number of nitrogens with two attached hydrogens (primary N) is 1. The molecule has 2 fully saturated rings. The maximum absolute atomic E-state index is 13.8. The zero-order valence-corrected chi connectivity index (χ0v) is 28.8. The van der Waals surface area contributed by atoms with Crippen molar-refractivity contribution in [2.24, 2.45) is 5.73 Å². The number of carbonyl (C=O) groups is 8. The number of likely N-dealkylation sites (N-methyl/N-ethyl adjacent to an activating group) is 1. The van der Waals surface area contributed by atoms with E-state index in [1.807, 2.05) is 0 Å². The first kappa shape index (κ1) is 37.6. The molecule has 5 rings (SSSR count). The summed E-state index contributed by atoms with van der Waals surface area (Å²) >= 11 is 2.46. The lowest BCUT2D eigenvalue weighted by Crippen LogP contribution is -2.71. The monoisotopic (exact) mass is 760 g/mol. The van der Waals surface area contributed by atoms with Crippen LogP contribution < -0.4 is 21.7 Å². The Bertz CT molecular complexity index is 1810. The second-order valence-electron chi connectivity index (χ2n) is 11.3. The normalized spacial score (nSPS) is 19.7. The highest BCUT2D eigenvalue weighted by Crippen LogP contribution is 2.41. The Morgan fingerprint density at radius 1 is 1.12 bits per heavy atom. The fourth-order valence-corrected chi connectivity index (χ4v) is 7.54. The van der Waals surface area contributed by atoms with E-state index in [1.165, 1.54) is 58.9 Å². The van der Waals surface area contributed by atoms with Crippen molar-refractivity contribution in [1.29, 1.82) is 0 Å². The number of thioether (sulfide) groups is 2. The van der Waals surface area contributed by atoms with Gasteiger partial charge in [-0.2, -0.15) is 10.3 Å². The molecule has 0 radical (unpaired) electrons. The van der Waals surface area contributed by atoms with E-state index in [0.29, 0.717) is 15.5 Å². The molecule has 4 atom stereocenters. The van der Waals surface area contributed by atoms with Crippen LogP contribution in [0.25, 0.3) is 0 Å². The van der Waals surface area contributed by atoms with E-state index in [1.54, 1.807) is 6.92 Å². The SMILES string of the molecule is CCN1CCN(C(=O)N[C@@H](C(=O)N[C@@H]2C(=O)N3C(C(=O)O)=C(CSc4cn[nH]n4)CS[C@H]23)c2ccc(NC(=O)OC[C@@H](N)C(=O)O)cc2)C(=O)C1=O. The molecule has 7 amide bonds. The zero-order chi connectivity index (χ0) is 37.7. The number of anilines is 1. The number of hydrogen-bond acceptors (Lipinski definition) is 14. The predicted octanol–water partition coefficient (Wildman–Crippen LogP) is -1.26. The standard InChI is InChI=1S/C29H32N10O11S2/c1-2-37-7-8-38(24(43)23(37)42)28(48)34-18(13-3-5-15(6-4-13)32-29(49)50-10-16(30)26(44)45)21(40)33-19-22(41)39-20(27(46)47)14(12-52-25(19)39)11-51-17-9-31-36-35-17/h3-6,9,16,18-19,25H,2,7-8,10-12,30H2,1H3,(H,32,49)(H,33,40)(H,34,48)(H,44,45)(H,46,47)(H,31,35,36)/t16-,18-,19-,25-/m1/s1. The van der Waals surface area contributed by atoms with E-state index in [-0.39, 0.29) is 48.1 Å². The fourth-order valence-electron chi connectivity index (χ4n) is 5.27. The van der Waals surface area contributed by atoms with Gasteiger partial charge in [0.15, 0.2) is 0 Å². The summed E-state index contributed by atoms with van der Waals surface area (Å²) in [6, 6.07) is 0.138. The van der Waals surface area contributed by atoms with Crippen molar-refractivity contribution < 1.29 is 53.3 Å². The topological polar surface area (TPSA) is 300 Å². The van der Waals surface area contributed by atoms with E-state index >= 15 is 0 Å². The number of piperazine rings is 1. The van der Waals surface area contributed by atoms with Gasteiger partial charge in [0.05, 0.1) is 6.20 Å². The van der Waals surface area contributed by atoms with Gasteiger partial charge in [-0.25, -0.2) is 14.4 Å². The number of carboxylic acid groups (broad SMARTS) is 2. The molecule has 1 aromatic heterocycles. The van der Waals surface area contributed by atoms with Crippen molar-refractivity contribution >= 4 is 76.9 Å². The highest BCUT2D eigenvalue weighted by Gasteiger charge is 2.54. The van der Waals surface area contributed by atoms with Crippen molar-refractivity contribution in [3.8, 4) is 0 Å². The van der Waals surface area contributed by atoms with Crippen molar-refractivity contribution in [2.45, 2.75) is 35.4 Å². The van der Waals surface area contributed by atoms with Crippen LogP contribution in [-0.4, -0.2) is 143 Å². The summed E-state index contributed by atoms with van der Waals surface area (Å²) in [6.45, 7) is 1.24. The number of carboxylic acids is 2. The maximum atomic E-state index is 13.8. The number of aliphatic carboxylic acids is 2. The van der Waals surface area contributed by atoms with Crippen LogP contribution in [0.3, 0.4) is 0 Å². The number of aromatic nitrogens is 3. The van der Waals surface area contributed by atoms with Crippen LogP contribution >= 0.6 is 23.5 Å². The van der Waals surface area contributed by atoms with E-state index in [9.17, 15) is 43.5 Å². The smallest absolute Gasteiger partial charge is 0.411 e. The van der Waals surface area contributed by atoms with E-state index < -0.39 is 77.8 Å². The van der Waals surface area contributed by atoms with Gasteiger partial charge in [0.25, 0.3) is 5.91 Å². The Morgan fingerprint density at radius 2 is 1.85 bits per heavy atom. The first-order valence-corrected chi connectivity index (χ1v) is 17.5. The maximum Gasteiger partial charge on any atom is 0.411 e. The molecule has 4 heterocycles. The van der Waals surface area contributed by atoms with Gasteiger partial charge in [-0.1, -0.05) is 23.9 Å². The molecule has 0 spiro atoms. The Kier molecular flexibility index (Phi) is 11.6. The molecule has 3 aliphatic heterocycles. The largest absolute Gasteiger partial charge is 0.480 e. The number of amides is 7. The van der Waals surface area contributed by atoms with Gasteiger partial charge >= 0.3 is 35.9 Å². The van der Waals surface area contributed by atoms with E-state index in [4.69, 9.17) is 15.6 Å². The Hall–Kier alpha value is -5.68. The summed E-state index contributed by atoms with van der Waals surface area (Å²) in [5, 5.41) is 36.1. The summed E-state index contributed by atoms with van der Waals surface area (Å²) in [4.78, 5) is 104. The number of β-lactam (4-membered cyclic amide) rings is 1. The summed E-state index contributed by atoms with van der Waals surface area (Å²) in [5.74, 6) is -5.84. The second kappa shape index (κ2) is 16.1. The van der Waals surface area contributed by atoms with Crippen LogP contribution in [0.15, 0.2) is 46.8 Å². The molecule has 52 heavy (non-hydrogen) atoms. The molecule has 21 nitrogen and oxygen atoms in total. The predicted molar refractivity (Wildman–Crippen MR) is 179 cm³/mol. The van der Waals surface area contributed by atoms with Crippen LogP contribution in [0.4, 0.5) is 15.3 Å². The Labute approximate surface area is 302 Å². The average molecular weight is 761 g/mol. The van der Waals surface area contributed by atoms with E-state index in [2.05, 4.69) is 31.4 Å². The summed E-state index contributed by atoms with van der Waals surface area (Å²) < 4.78 is 4.78. The highest BCUT2D eigenvalue weighted by atomic mass is 32.2. The van der Waals surface area contributed by atoms with Crippen LogP contribution in [0, 0.1) is 0 Å². The number of H-pyrrole nitrogens is 1. The van der Waals surface area contributed by atoms with Crippen molar-refractivity contribution in [1.82, 2.24) is 40.7 Å². The Morgan fingerprint density at radius 3 is 2.48 bits per heavy atom. The van der Waals surface area contributed by atoms with Gasteiger partial charge < -0.3 is 36.2 Å². The molecule has 0 saturated carbocycles. The molecular formula is C29H32N10O11S2. The summed E-state index contributed by atoms with van der Waals surface area (Å²) in [7, 11) is 0.